The first-order valence-corrected chi connectivity index (χ1v) is 9.18. The Hall–Kier alpha value is -3.93. The number of carbonyl (C=O) groups is 3. The minimum absolute atomic E-state index is 0.222. The molecule has 4 rings (SSSR count). The highest BCUT2D eigenvalue weighted by Gasteiger charge is 2.40. The van der Waals surface area contributed by atoms with Gasteiger partial charge in [0.1, 0.15) is 6.04 Å². The second kappa shape index (κ2) is 7.98. The minimum Gasteiger partial charge on any atom is -0.423 e. The SMILES string of the molecule is O=C(C[C@H]1C(=O)Oc2ccccc2N1C(=O)c1ccccc1)Nc1ccccc1. The van der Waals surface area contributed by atoms with Crippen molar-refractivity contribution in [3.05, 3.63) is 90.5 Å². The molecule has 1 atom stereocenters. The summed E-state index contributed by atoms with van der Waals surface area (Å²) in [7, 11) is 0. The van der Waals surface area contributed by atoms with Crippen LogP contribution in [0, 0.1) is 0 Å². The van der Waals surface area contributed by atoms with Crippen LogP contribution < -0.4 is 15.0 Å². The highest BCUT2D eigenvalue weighted by molar-refractivity contribution is 6.12. The average Bonchev–Trinajstić information content (AvgIpc) is 2.75. The molecule has 0 aliphatic carbocycles. The molecule has 144 valence electrons. The van der Waals surface area contributed by atoms with Gasteiger partial charge in [0.25, 0.3) is 5.91 Å². The smallest absolute Gasteiger partial charge is 0.335 e. The summed E-state index contributed by atoms with van der Waals surface area (Å²) in [4.78, 5) is 39.9. The van der Waals surface area contributed by atoms with E-state index in [-0.39, 0.29) is 18.2 Å². The highest BCUT2D eigenvalue weighted by atomic mass is 16.5. The number of amides is 2. The lowest BCUT2D eigenvalue weighted by molar-refractivity contribution is -0.138. The molecule has 0 unspecified atom stereocenters. The van der Waals surface area contributed by atoms with Crippen LogP contribution in [0.3, 0.4) is 0 Å². The average molecular weight is 386 g/mol. The molecule has 1 N–H and O–H groups in total. The van der Waals surface area contributed by atoms with Gasteiger partial charge in [0.05, 0.1) is 12.1 Å². The lowest BCUT2D eigenvalue weighted by atomic mass is 10.0. The standard InChI is InChI=1S/C23H18N2O4/c26-21(24-17-11-5-2-6-12-17)15-19-23(28)29-20-14-8-7-13-18(20)25(19)22(27)16-9-3-1-4-10-16/h1-14,19H,15H2,(H,24,26)/t19-/m0/s1. The van der Waals surface area contributed by atoms with Crippen LogP contribution in [-0.2, 0) is 9.59 Å². The number of nitrogens with one attached hydrogen (secondary N) is 1. The lowest BCUT2D eigenvalue weighted by Gasteiger charge is -2.35. The van der Waals surface area contributed by atoms with E-state index in [0.717, 1.165) is 0 Å². The lowest BCUT2D eigenvalue weighted by Crippen LogP contribution is -2.51. The van der Waals surface area contributed by atoms with Gasteiger partial charge >= 0.3 is 5.97 Å². The largest absolute Gasteiger partial charge is 0.423 e. The number of ether oxygens (including phenoxy) is 1. The second-order valence-electron chi connectivity index (χ2n) is 6.56. The third-order valence-electron chi connectivity index (χ3n) is 4.59. The van der Waals surface area contributed by atoms with E-state index in [0.29, 0.717) is 22.7 Å². The third kappa shape index (κ3) is 3.87. The molecule has 0 radical (unpaired) electrons. The summed E-state index contributed by atoms with van der Waals surface area (Å²) in [5.74, 6) is -1.10. The number of hydrogen-bond donors (Lipinski definition) is 1. The van der Waals surface area contributed by atoms with Crippen molar-refractivity contribution in [1.29, 1.82) is 0 Å². The quantitative estimate of drug-likeness (QED) is 0.549. The molecule has 3 aromatic carbocycles. The van der Waals surface area contributed by atoms with E-state index in [1.54, 1.807) is 78.9 Å². The monoisotopic (exact) mass is 386 g/mol. The van der Waals surface area contributed by atoms with Crippen LogP contribution in [0.1, 0.15) is 16.8 Å². The summed E-state index contributed by atoms with van der Waals surface area (Å²) in [5.41, 5.74) is 1.49. The van der Waals surface area contributed by atoms with Gasteiger partial charge in [-0.1, -0.05) is 48.5 Å². The molecule has 0 bridgehead atoms. The molecule has 1 aliphatic heterocycles. The van der Waals surface area contributed by atoms with E-state index >= 15 is 0 Å². The molecular formula is C23H18N2O4. The zero-order chi connectivity index (χ0) is 20.2. The van der Waals surface area contributed by atoms with Gasteiger partial charge in [-0.3, -0.25) is 14.5 Å². The Balaban J connectivity index is 1.66. The number of para-hydroxylation sites is 3. The molecule has 3 aromatic rings. The Kier molecular flexibility index (Phi) is 5.07. The van der Waals surface area contributed by atoms with Crippen molar-refractivity contribution in [2.45, 2.75) is 12.5 Å². The first kappa shape index (κ1) is 18.4. The first-order valence-electron chi connectivity index (χ1n) is 9.18. The van der Waals surface area contributed by atoms with E-state index in [2.05, 4.69) is 5.32 Å². The number of anilines is 2. The number of carbonyl (C=O) groups excluding carboxylic acids is 3. The first-order chi connectivity index (χ1) is 14.1. The Bertz CT molecular complexity index is 1050. The predicted molar refractivity (Wildman–Crippen MR) is 109 cm³/mol. The normalized spacial score (nSPS) is 15.2. The summed E-state index contributed by atoms with van der Waals surface area (Å²) in [6, 6.07) is 23.3. The maximum absolute atomic E-state index is 13.2. The number of fused-ring (bicyclic) bond motifs is 1. The van der Waals surface area contributed by atoms with E-state index in [1.165, 1.54) is 4.90 Å². The minimum atomic E-state index is -1.07. The zero-order valence-electron chi connectivity index (χ0n) is 15.4. The molecule has 0 saturated heterocycles. The fourth-order valence-corrected chi connectivity index (χ4v) is 3.25. The van der Waals surface area contributed by atoms with Gasteiger partial charge in [0, 0.05) is 11.3 Å². The molecule has 0 fully saturated rings. The van der Waals surface area contributed by atoms with Crippen LogP contribution in [0.5, 0.6) is 5.75 Å². The Morgan fingerprint density at radius 2 is 1.48 bits per heavy atom. The van der Waals surface area contributed by atoms with Crippen molar-refractivity contribution >= 4 is 29.2 Å². The van der Waals surface area contributed by atoms with Gasteiger partial charge in [-0.05, 0) is 36.4 Å². The van der Waals surface area contributed by atoms with Gasteiger partial charge in [0.15, 0.2) is 5.75 Å². The fourth-order valence-electron chi connectivity index (χ4n) is 3.25. The zero-order valence-corrected chi connectivity index (χ0v) is 15.4. The maximum Gasteiger partial charge on any atom is 0.335 e. The number of hydrogen-bond acceptors (Lipinski definition) is 4. The van der Waals surface area contributed by atoms with Crippen molar-refractivity contribution < 1.29 is 19.1 Å². The number of rotatable bonds is 4. The molecule has 0 spiro atoms. The summed E-state index contributed by atoms with van der Waals surface area (Å²) >= 11 is 0. The predicted octanol–water partition coefficient (Wildman–Crippen LogP) is 3.65. The Morgan fingerprint density at radius 3 is 2.21 bits per heavy atom. The van der Waals surface area contributed by atoms with Crippen molar-refractivity contribution in [2.24, 2.45) is 0 Å². The van der Waals surface area contributed by atoms with Gasteiger partial charge in [-0.2, -0.15) is 0 Å². The second-order valence-corrected chi connectivity index (χ2v) is 6.56. The van der Waals surface area contributed by atoms with Crippen LogP contribution in [-0.4, -0.2) is 23.8 Å². The molecule has 1 heterocycles. The Morgan fingerprint density at radius 1 is 0.862 bits per heavy atom. The van der Waals surface area contributed by atoms with Gasteiger partial charge < -0.3 is 10.1 Å². The van der Waals surface area contributed by atoms with Crippen molar-refractivity contribution in [3.8, 4) is 5.75 Å². The summed E-state index contributed by atoms with van der Waals surface area (Å²) in [6.45, 7) is 0. The molecule has 0 saturated carbocycles. The Labute approximate surface area is 167 Å². The van der Waals surface area contributed by atoms with Crippen LogP contribution in [0.15, 0.2) is 84.9 Å². The van der Waals surface area contributed by atoms with E-state index < -0.39 is 12.0 Å². The van der Waals surface area contributed by atoms with Crippen LogP contribution in [0.4, 0.5) is 11.4 Å². The molecule has 1 aliphatic rings. The highest BCUT2D eigenvalue weighted by Crippen LogP contribution is 2.36. The van der Waals surface area contributed by atoms with Crippen LogP contribution in [0.25, 0.3) is 0 Å². The topological polar surface area (TPSA) is 75.7 Å². The summed E-state index contributed by atoms with van der Waals surface area (Å²) in [5, 5.41) is 2.75. The fraction of sp³-hybridized carbons (Fsp3) is 0.0870. The van der Waals surface area contributed by atoms with Crippen molar-refractivity contribution in [3.63, 3.8) is 0 Å². The maximum atomic E-state index is 13.2. The summed E-state index contributed by atoms with van der Waals surface area (Å²) < 4.78 is 5.40. The molecular weight excluding hydrogens is 368 g/mol. The number of benzene rings is 3. The van der Waals surface area contributed by atoms with Gasteiger partial charge in [-0.15, -0.1) is 0 Å². The number of esters is 1. The van der Waals surface area contributed by atoms with Crippen LogP contribution >= 0.6 is 0 Å². The third-order valence-corrected chi connectivity index (χ3v) is 4.59. The van der Waals surface area contributed by atoms with Gasteiger partial charge in [0.2, 0.25) is 5.91 Å². The van der Waals surface area contributed by atoms with Crippen molar-refractivity contribution in [2.75, 3.05) is 10.2 Å². The van der Waals surface area contributed by atoms with E-state index in [4.69, 9.17) is 4.74 Å². The molecule has 0 aromatic heterocycles. The van der Waals surface area contributed by atoms with E-state index in [9.17, 15) is 14.4 Å². The van der Waals surface area contributed by atoms with Gasteiger partial charge in [-0.25, -0.2) is 4.79 Å². The molecule has 29 heavy (non-hydrogen) atoms. The van der Waals surface area contributed by atoms with E-state index in [1.807, 2.05) is 6.07 Å². The number of nitrogens with zero attached hydrogens (tertiary/aromatic N) is 1. The summed E-state index contributed by atoms with van der Waals surface area (Å²) in [6.07, 6.45) is -0.222. The molecule has 6 nitrogen and oxygen atoms in total. The van der Waals surface area contributed by atoms with Crippen molar-refractivity contribution in [1.82, 2.24) is 0 Å². The van der Waals surface area contributed by atoms with Crippen LogP contribution in [0.2, 0.25) is 0 Å². The molecule has 2 amide bonds. The molecule has 6 heteroatoms.